The summed E-state index contributed by atoms with van der Waals surface area (Å²) in [5.41, 5.74) is 3.35. The Morgan fingerprint density at radius 3 is 2.92 bits per heavy atom. The number of likely N-dealkylation sites (tertiary alicyclic amines) is 1. The van der Waals surface area contributed by atoms with Gasteiger partial charge in [0.15, 0.2) is 5.69 Å². The predicted octanol–water partition coefficient (Wildman–Crippen LogP) is 1.85. The van der Waals surface area contributed by atoms with Crippen LogP contribution in [0.3, 0.4) is 0 Å². The molecule has 1 aromatic carbocycles. The van der Waals surface area contributed by atoms with Crippen molar-refractivity contribution in [1.82, 2.24) is 15.1 Å². The van der Waals surface area contributed by atoms with Crippen molar-refractivity contribution in [2.75, 3.05) is 20.2 Å². The number of aliphatic carboxylic acids is 1. The quantitative estimate of drug-likeness (QED) is 0.873. The van der Waals surface area contributed by atoms with Crippen LogP contribution in [0.2, 0.25) is 0 Å². The molecule has 136 valence electrons. The SMILES string of the molecule is COc1cccc([C@@H]2CN(C(=O)c3n[nH]c4c3CCC4)C[C@H]2C(=O)O)c1. The molecular formula is C19H21N3O4. The number of carboxylic acids is 1. The van der Waals surface area contributed by atoms with Gasteiger partial charge in [0.2, 0.25) is 0 Å². The molecule has 1 aliphatic carbocycles. The molecule has 7 nitrogen and oxygen atoms in total. The fraction of sp³-hybridized carbons (Fsp3) is 0.421. The number of ether oxygens (including phenoxy) is 1. The number of hydrogen-bond acceptors (Lipinski definition) is 4. The van der Waals surface area contributed by atoms with Crippen molar-refractivity contribution in [2.24, 2.45) is 5.92 Å². The lowest BCUT2D eigenvalue weighted by atomic mass is 9.89. The van der Waals surface area contributed by atoms with Crippen LogP contribution in [0.5, 0.6) is 5.75 Å². The molecule has 0 unspecified atom stereocenters. The number of carbonyl (C=O) groups is 2. The molecule has 0 radical (unpaired) electrons. The fourth-order valence-electron chi connectivity index (χ4n) is 4.08. The Morgan fingerprint density at radius 2 is 2.15 bits per heavy atom. The third-order valence-corrected chi connectivity index (χ3v) is 5.46. The normalized spacial score (nSPS) is 21.7. The summed E-state index contributed by atoms with van der Waals surface area (Å²) in [6.07, 6.45) is 2.79. The number of amides is 1. The molecule has 1 saturated heterocycles. The van der Waals surface area contributed by atoms with Gasteiger partial charge in [0, 0.05) is 30.3 Å². The van der Waals surface area contributed by atoms with E-state index < -0.39 is 11.9 Å². The van der Waals surface area contributed by atoms with E-state index in [9.17, 15) is 14.7 Å². The van der Waals surface area contributed by atoms with E-state index in [0.29, 0.717) is 18.0 Å². The number of fused-ring (bicyclic) bond motifs is 1. The Balaban J connectivity index is 1.61. The number of aryl methyl sites for hydroxylation is 1. The summed E-state index contributed by atoms with van der Waals surface area (Å²) in [4.78, 5) is 26.4. The summed E-state index contributed by atoms with van der Waals surface area (Å²) in [6, 6.07) is 7.41. The van der Waals surface area contributed by atoms with Gasteiger partial charge < -0.3 is 14.7 Å². The second kappa shape index (κ2) is 6.48. The predicted molar refractivity (Wildman–Crippen MR) is 93.4 cm³/mol. The minimum Gasteiger partial charge on any atom is -0.497 e. The van der Waals surface area contributed by atoms with Crippen LogP contribution in [0.15, 0.2) is 24.3 Å². The molecule has 4 rings (SSSR count). The van der Waals surface area contributed by atoms with Crippen LogP contribution >= 0.6 is 0 Å². The Labute approximate surface area is 151 Å². The Morgan fingerprint density at radius 1 is 1.31 bits per heavy atom. The monoisotopic (exact) mass is 355 g/mol. The van der Waals surface area contributed by atoms with Crippen molar-refractivity contribution in [3.05, 3.63) is 46.8 Å². The van der Waals surface area contributed by atoms with Crippen LogP contribution in [0.4, 0.5) is 0 Å². The van der Waals surface area contributed by atoms with E-state index in [1.165, 1.54) is 0 Å². The zero-order valence-electron chi connectivity index (χ0n) is 14.6. The Kier molecular flexibility index (Phi) is 4.14. The first-order valence-electron chi connectivity index (χ1n) is 8.80. The summed E-state index contributed by atoms with van der Waals surface area (Å²) in [7, 11) is 1.58. The standard InChI is InChI=1S/C19H21N3O4/c1-26-12-5-2-4-11(8-12)14-9-22(10-15(14)19(24)25)18(23)17-13-6-3-7-16(13)20-21-17/h2,4-5,8,14-15H,3,6-7,9-10H2,1H3,(H,20,21)(H,24,25)/t14-,15+/m0/s1. The zero-order valence-corrected chi connectivity index (χ0v) is 14.6. The molecule has 0 bridgehead atoms. The van der Waals surface area contributed by atoms with Gasteiger partial charge in [-0.1, -0.05) is 12.1 Å². The zero-order chi connectivity index (χ0) is 18.3. The van der Waals surface area contributed by atoms with Crippen molar-refractivity contribution < 1.29 is 19.4 Å². The average Bonchev–Trinajstić information content (AvgIpc) is 3.36. The summed E-state index contributed by atoms with van der Waals surface area (Å²) in [5.74, 6) is -1.29. The van der Waals surface area contributed by atoms with Gasteiger partial charge in [0.1, 0.15) is 5.75 Å². The number of hydrogen-bond donors (Lipinski definition) is 2. The lowest BCUT2D eigenvalue weighted by Crippen LogP contribution is -2.30. The second-order valence-corrected chi connectivity index (χ2v) is 6.92. The Bertz CT molecular complexity index is 860. The number of carbonyl (C=O) groups excluding carboxylic acids is 1. The van der Waals surface area contributed by atoms with Gasteiger partial charge in [-0.05, 0) is 37.0 Å². The van der Waals surface area contributed by atoms with Crippen molar-refractivity contribution in [1.29, 1.82) is 0 Å². The third kappa shape index (κ3) is 2.73. The highest BCUT2D eigenvalue weighted by Gasteiger charge is 2.42. The number of aromatic amines is 1. The highest BCUT2D eigenvalue weighted by Crippen LogP contribution is 2.35. The van der Waals surface area contributed by atoms with Gasteiger partial charge in [-0.2, -0.15) is 5.10 Å². The third-order valence-electron chi connectivity index (χ3n) is 5.46. The van der Waals surface area contributed by atoms with Crippen LogP contribution in [-0.2, 0) is 17.6 Å². The first kappa shape index (κ1) is 16.6. The summed E-state index contributed by atoms with van der Waals surface area (Å²) < 4.78 is 5.25. The maximum atomic E-state index is 13.0. The molecule has 0 spiro atoms. The van der Waals surface area contributed by atoms with Crippen molar-refractivity contribution in [3.8, 4) is 5.75 Å². The number of benzene rings is 1. The molecule has 1 aromatic heterocycles. The van der Waals surface area contributed by atoms with E-state index in [4.69, 9.17) is 4.74 Å². The molecule has 1 amide bonds. The molecule has 1 fully saturated rings. The maximum absolute atomic E-state index is 13.0. The minimum absolute atomic E-state index is 0.180. The van der Waals surface area contributed by atoms with Gasteiger partial charge in [-0.25, -0.2) is 0 Å². The van der Waals surface area contributed by atoms with E-state index in [-0.39, 0.29) is 18.4 Å². The van der Waals surface area contributed by atoms with Gasteiger partial charge in [0.25, 0.3) is 5.91 Å². The second-order valence-electron chi connectivity index (χ2n) is 6.92. The van der Waals surface area contributed by atoms with Crippen LogP contribution in [0, 0.1) is 5.92 Å². The molecule has 1 aliphatic heterocycles. The van der Waals surface area contributed by atoms with Crippen LogP contribution in [-0.4, -0.2) is 52.3 Å². The van der Waals surface area contributed by atoms with E-state index >= 15 is 0 Å². The molecule has 2 atom stereocenters. The van der Waals surface area contributed by atoms with E-state index in [1.807, 2.05) is 24.3 Å². The highest BCUT2D eigenvalue weighted by atomic mass is 16.5. The molecule has 2 aliphatic rings. The van der Waals surface area contributed by atoms with E-state index in [0.717, 1.165) is 36.1 Å². The number of rotatable bonds is 4. The van der Waals surface area contributed by atoms with Crippen LogP contribution < -0.4 is 4.74 Å². The van der Waals surface area contributed by atoms with Crippen molar-refractivity contribution in [2.45, 2.75) is 25.2 Å². The molecular weight excluding hydrogens is 334 g/mol. The summed E-state index contributed by atoms with van der Waals surface area (Å²) in [6.45, 7) is 0.558. The number of aromatic nitrogens is 2. The first-order chi connectivity index (χ1) is 12.6. The van der Waals surface area contributed by atoms with E-state index in [2.05, 4.69) is 10.2 Å². The highest BCUT2D eigenvalue weighted by molar-refractivity contribution is 5.95. The molecule has 2 N–H and O–H groups in total. The summed E-state index contributed by atoms with van der Waals surface area (Å²) in [5, 5.41) is 16.8. The smallest absolute Gasteiger partial charge is 0.308 e. The minimum atomic E-state index is -0.889. The van der Waals surface area contributed by atoms with Gasteiger partial charge >= 0.3 is 5.97 Å². The average molecular weight is 355 g/mol. The van der Waals surface area contributed by atoms with Crippen LogP contribution in [0.1, 0.15) is 39.6 Å². The number of nitrogens with one attached hydrogen (secondary N) is 1. The van der Waals surface area contributed by atoms with Gasteiger partial charge in [-0.3, -0.25) is 14.7 Å². The molecule has 2 aromatic rings. The van der Waals surface area contributed by atoms with Crippen molar-refractivity contribution in [3.63, 3.8) is 0 Å². The molecule has 0 saturated carbocycles. The largest absolute Gasteiger partial charge is 0.497 e. The number of nitrogens with zero attached hydrogens (tertiary/aromatic N) is 2. The summed E-state index contributed by atoms with van der Waals surface area (Å²) >= 11 is 0. The van der Waals surface area contributed by atoms with Crippen molar-refractivity contribution >= 4 is 11.9 Å². The maximum Gasteiger partial charge on any atom is 0.308 e. The number of H-pyrrole nitrogens is 1. The fourth-order valence-corrected chi connectivity index (χ4v) is 4.08. The number of carboxylic acid groups (broad SMARTS) is 1. The molecule has 2 heterocycles. The van der Waals surface area contributed by atoms with E-state index in [1.54, 1.807) is 12.0 Å². The van der Waals surface area contributed by atoms with Gasteiger partial charge in [-0.15, -0.1) is 0 Å². The number of methoxy groups -OCH3 is 1. The first-order valence-corrected chi connectivity index (χ1v) is 8.80. The van der Waals surface area contributed by atoms with Gasteiger partial charge in [0.05, 0.1) is 13.0 Å². The van der Waals surface area contributed by atoms with Crippen LogP contribution in [0.25, 0.3) is 0 Å². The Hall–Kier alpha value is -2.83. The lowest BCUT2D eigenvalue weighted by Gasteiger charge is -2.16. The lowest BCUT2D eigenvalue weighted by molar-refractivity contribution is -0.141. The molecule has 26 heavy (non-hydrogen) atoms. The topological polar surface area (TPSA) is 95.5 Å². The molecule has 7 heteroatoms.